The van der Waals surface area contributed by atoms with Gasteiger partial charge in [-0.2, -0.15) is 0 Å². The fraction of sp³-hybridized carbons (Fsp3) is 0.222. The molecule has 0 saturated heterocycles. The number of benzene rings is 2. The predicted octanol–water partition coefficient (Wildman–Crippen LogP) is 4.26. The summed E-state index contributed by atoms with van der Waals surface area (Å²) in [5.41, 5.74) is 1.39. The summed E-state index contributed by atoms with van der Waals surface area (Å²) in [6.45, 7) is 5.38. The summed E-state index contributed by atoms with van der Waals surface area (Å²) in [6, 6.07) is 10.5. The van der Waals surface area contributed by atoms with Crippen molar-refractivity contribution in [3.05, 3.63) is 59.4 Å². The van der Waals surface area contributed by atoms with E-state index >= 15 is 0 Å². The van der Waals surface area contributed by atoms with E-state index in [9.17, 15) is 14.0 Å². The summed E-state index contributed by atoms with van der Waals surface area (Å²) in [5, 5.41) is 0. The lowest BCUT2D eigenvalue weighted by molar-refractivity contribution is 0.00695. The maximum Gasteiger partial charge on any atom is 0.338 e. The first-order valence-corrected chi connectivity index (χ1v) is 6.89. The lowest BCUT2D eigenvalue weighted by atomic mass is 9.99. The zero-order chi connectivity index (χ0) is 16.3. The zero-order valence-electron chi connectivity index (χ0n) is 12.7. The first kappa shape index (κ1) is 15.9. The van der Waals surface area contributed by atoms with Crippen LogP contribution in [0.1, 0.15) is 41.5 Å². The molecule has 0 aliphatic carbocycles. The molecule has 4 heteroatoms. The molecule has 0 saturated carbocycles. The molecule has 0 bridgehead atoms. The molecule has 22 heavy (non-hydrogen) atoms. The first-order chi connectivity index (χ1) is 10.3. The molecule has 0 unspecified atom stereocenters. The average Bonchev–Trinajstić information content (AvgIpc) is 2.45. The Balaban J connectivity index is 2.32. The molecule has 0 aromatic heterocycles. The summed E-state index contributed by atoms with van der Waals surface area (Å²) in [4.78, 5) is 23.0. The quantitative estimate of drug-likeness (QED) is 0.628. The molecule has 0 spiro atoms. The lowest BCUT2D eigenvalue weighted by Crippen LogP contribution is -2.23. The summed E-state index contributed by atoms with van der Waals surface area (Å²) in [5.74, 6) is -0.842. The maximum absolute atomic E-state index is 13.4. The van der Waals surface area contributed by atoms with E-state index in [0.717, 1.165) is 0 Å². The van der Waals surface area contributed by atoms with Crippen LogP contribution in [0.15, 0.2) is 42.5 Å². The van der Waals surface area contributed by atoms with Crippen LogP contribution >= 0.6 is 0 Å². The van der Waals surface area contributed by atoms with Crippen molar-refractivity contribution in [1.29, 1.82) is 0 Å². The molecular weight excluding hydrogens is 283 g/mol. The number of hydrogen-bond donors (Lipinski definition) is 0. The molecular formula is C18H17FO3. The van der Waals surface area contributed by atoms with Gasteiger partial charge in [-0.05, 0) is 62.2 Å². The maximum atomic E-state index is 13.4. The van der Waals surface area contributed by atoms with Crippen LogP contribution in [0.4, 0.5) is 4.39 Å². The van der Waals surface area contributed by atoms with Crippen LogP contribution in [-0.4, -0.2) is 17.9 Å². The molecule has 0 radical (unpaired) electrons. The number of halogens is 1. The van der Waals surface area contributed by atoms with Crippen LogP contribution < -0.4 is 0 Å². The van der Waals surface area contributed by atoms with Gasteiger partial charge in [0.15, 0.2) is 6.29 Å². The number of hydrogen-bond acceptors (Lipinski definition) is 3. The molecule has 3 nitrogen and oxygen atoms in total. The van der Waals surface area contributed by atoms with Gasteiger partial charge in [-0.15, -0.1) is 0 Å². The van der Waals surface area contributed by atoms with E-state index in [4.69, 9.17) is 4.74 Å². The summed E-state index contributed by atoms with van der Waals surface area (Å²) in [7, 11) is 0. The van der Waals surface area contributed by atoms with E-state index in [1.54, 1.807) is 45.0 Å². The molecule has 0 heterocycles. The molecule has 2 aromatic rings. The Labute approximate surface area is 128 Å². The molecule has 0 atom stereocenters. The molecule has 2 aromatic carbocycles. The topological polar surface area (TPSA) is 43.4 Å². The Morgan fingerprint density at radius 1 is 1.09 bits per heavy atom. The second kappa shape index (κ2) is 6.10. The Morgan fingerprint density at radius 3 is 2.27 bits per heavy atom. The van der Waals surface area contributed by atoms with Gasteiger partial charge in [0, 0.05) is 5.56 Å². The standard InChI is InChI=1S/C18H17FO3/c1-18(2,3)22-17(21)13-6-4-12(5-7-13)16-10-15(19)9-8-14(16)11-20/h4-11H,1-3H3. The van der Waals surface area contributed by atoms with Gasteiger partial charge in [0.1, 0.15) is 11.4 Å². The van der Waals surface area contributed by atoms with Gasteiger partial charge < -0.3 is 4.74 Å². The molecule has 2 rings (SSSR count). The second-order valence-corrected chi connectivity index (χ2v) is 5.93. The van der Waals surface area contributed by atoms with E-state index in [-0.39, 0.29) is 0 Å². The molecule has 0 aliphatic rings. The van der Waals surface area contributed by atoms with Gasteiger partial charge >= 0.3 is 5.97 Å². The molecule has 0 N–H and O–H groups in total. The number of carbonyl (C=O) groups excluding carboxylic acids is 2. The third kappa shape index (κ3) is 3.79. The minimum absolute atomic E-state index is 0.395. The highest BCUT2D eigenvalue weighted by molar-refractivity contribution is 5.92. The number of carbonyl (C=O) groups is 2. The lowest BCUT2D eigenvalue weighted by Gasteiger charge is -2.19. The minimum atomic E-state index is -0.566. The van der Waals surface area contributed by atoms with Gasteiger partial charge in [-0.3, -0.25) is 4.79 Å². The van der Waals surface area contributed by atoms with Gasteiger partial charge in [-0.1, -0.05) is 12.1 Å². The van der Waals surface area contributed by atoms with Crippen LogP contribution in [-0.2, 0) is 4.74 Å². The highest BCUT2D eigenvalue weighted by atomic mass is 19.1. The number of ether oxygens (including phenoxy) is 1. The number of aldehydes is 1. The van der Waals surface area contributed by atoms with Crippen molar-refractivity contribution in [3.8, 4) is 11.1 Å². The Hall–Kier alpha value is -2.49. The third-order valence-electron chi connectivity index (χ3n) is 2.97. The predicted molar refractivity (Wildman–Crippen MR) is 82.4 cm³/mol. The van der Waals surface area contributed by atoms with Crippen LogP contribution in [0, 0.1) is 5.82 Å². The van der Waals surface area contributed by atoms with Crippen molar-refractivity contribution in [2.45, 2.75) is 26.4 Å². The van der Waals surface area contributed by atoms with E-state index < -0.39 is 17.4 Å². The Kier molecular flexibility index (Phi) is 4.40. The fourth-order valence-electron chi connectivity index (χ4n) is 2.00. The summed E-state index contributed by atoms with van der Waals surface area (Å²) < 4.78 is 18.7. The normalized spacial score (nSPS) is 11.1. The van der Waals surface area contributed by atoms with Crippen molar-refractivity contribution in [3.63, 3.8) is 0 Å². The van der Waals surface area contributed by atoms with Crippen LogP contribution in [0.25, 0.3) is 11.1 Å². The smallest absolute Gasteiger partial charge is 0.338 e. The molecule has 0 aliphatic heterocycles. The average molecular weight is 300 g/mol. The highest BCUT2D eigenvalue weighted by Gasteiger charge is 2.18. The van der Waals surface area contributed by atoms with Gasteiger partial charge in [0.05, 0.1) is 5.56 Å². The van der Waals surface area contributed by atoms with Crippen molar-refractivity contribution in [2.75, 3.05) is 0 Å². The van der Waals surface area contributed by atoms with Gasteiger partial charge in [0.25, 0.3) is 0 Å². The summed E-state index contributed by atoms with van der Waals surface area (Å²) >= 11 is 0. The van der Waals surface area contributed by atoms with Crippen LogP contribution in [0.5, 0.6) is 0 Å². The largest absolute Gasteiger partial charge is 0.456 e. The van der Waals surface area contributed by atoms with Crippen molar-refractivity contribution < 1.29 is 18.7 Å². The van der Waals surface area contributed by atoms with E-state index in [2.05, 4.69) is 0 Å². The zero-order valence-corrected chi connectivity index (χ0v) is 12.7. The molecule has 114 valence electrons. The van der Waals surface area contributed by atoms with Crippen molar-refractivity contribution in [1.82, 2.24) is 0 Å². The van der Waals surface area contributed by atoms with Crippen molar-refractivity contribution >= 4 is 12.3 Å². The van der Waals surface area contributed by atoms with Gasteiger partial charge in [0.2, 0.25) is 0 Å². The molecule has 0 amide bonds. The monoisotopic (exact) mass is 300 g/mol. The van der Waals surface area contributed by atoms with Crippen LogP contribution in [0.2, 0.25) is 0 Å². The number of esters is 1. The number of rotatable bonds is 3. The van der Waals surface area contributed by atoms with Gasteiger partial charge in [-0.25, -0.2) is 9.18 Å². The Bertz CT molecular complexity index is 697. The first-order valence-electron chi connectivity index (χ1n) is 6.89. The SMILES string of the molecule is CC(C)(C)OC(=O)c1ccc(-c2cc(F)ccc2C=O)cc1. The third-order valence-corrected chi connectivity index (χ3v) is 2.97. The van der Waals surface area contributed by atoms with E-state index in [1.165, 1.54) is 18.2 Å². The minimum Gasteiger partial charge on any atom is -0.456 e. The molecule has 0 fully saturated rings. The fourth-order valence-corrected chi connectivity index (χ4v) is 2.00. The second-order valence-electron chi connectivity index (χ2n) is 5.93. The van der Waals surface area contributed by atoms with Crippen LogP contribution in [0.3, 0.4) is 0 Å². The highest BCUT2D eigenvalue weighted by Crippen LogP contribution is 2.24. The Morgan fingerprint density at radius 2 is 1.73 bits per heavy atom. The van der Waals surface area contributed by atoms with E-state index in [1.807, 2.05) is 0 Å². The summed E-state index contributed by atoms with van der Waals surface area (Å²) in [6.07, 6.45) is 0.677. The van der Waals surface area contributed by atoms with E-state index in [0.29, 0.717) is 28.5 Å². The van der Waals surface area contributed by atoms with Crippen molar-refractivity contribution in [2.24, 2.45) is 0 Å².